The maximum Gasteiger partial charge on any atom is 0.416 e. The molecular weight excluding hydrogens is 471 g/mol. The largest absolute Gasteiger partial charge is 0.416 e. The van der Waals surface area contributed by atoms with E-state index >= 15 is 0 Å². The van der Waals surface area contributed by atoms with Crippen LogP contribution in [-0.2, 0) is 6.18 Å². The van der Waals surface area contributed by atoms with Crippen LogP contribution in [0.1, 0.15) is 34.6 Å². The molecule has 0 aliphatic carbocycles. The summed E-state index contributed by atoms with van der Waals surface area (Å²) in [6.45, 7) is 1.81. The van der Waals surface area contributed by atoms with Crippen LogP contribution < -0.4 is 10.9 Å². The fourth-order valence-corrected chi connectivity index (χ4v) is 4.05. The van der Waals surface area contributed by atoms with Gasteiger partial charge < -0.3 is 5.32 Å². The molecule has 10 heteroatoms. The van der Waals surface area contributed by atoms with Crippen LogP contribution in [0.4, 0.5) is 13.2 Å². The molecule has 0 radical (unpaired) electrons. The third-order valence-electron chi connectivity index (χ3n) is 5.85. The first-order valence-electron chi connectivity index (χ1n) is 10.9. The molecule has 36 heavy (non-hydrogen) atoms. The van der Waals surface area contributed by atoms with Gasteiger partial charge >= 0.3 is 6.18 Å². The number of benzene rings is 2. The van der Waals surface area contributed by atoms with Gasteiger partial charge in [0.15, 0.2) is 5.52 Å². The van der Waals surface area contributed by atoms with Crippen LogP contribution in [0.25, 0.3) is 27.5 Å². The lowest BCUT2D eigenvalue weighted by atomic mass is 10.0. The molecule has 3 heterocycles. The van der Waals surface area contributed by atoms with Crippen molar-refractivity contribution in [3.05, 3.63) is 106 Å². The highest BCUT2D eigenvalue weighted by Crippen LogP contribution is 2.31. The summed E-state index contributed by atoms with van der Waals surface area (Å²) in [6.07, 6.45) is -1.43. The van der Waals surface area contributed by atoms with Gasteiger partial charge in [-0.15, -0.1) is 5.10 Å². The zero-order chi connectivity index (χ0) is 25.4. The molecule has 1 amide bonds. The first kappa shape index (κ1) is 23.2. The molecule has 0 spiro atoms. The Morgan fingerprint density at radius 1 is 0.972 bits per heavy atom. The third-order valence-corrected chi connectivity index (χ3v) is 5.85. The first-order valence-corrected chi connectivity index (χ1v) is 10.9. The molecule has 0 bridgehead atoms. The number of nitrogens with zero attached hydrogens (tertiary/aromatic N) is 4. The second-order valence-corrected chi connectivity index (χ2v) is 8.16. The Bertz CT molecular complexity index is 1650. The highest BCUT2D eigenvalue weighted by molar-refractivity contribution is 6.08. The first-order chi connectivity index (χ1) is 17.2. The molecule has 7 nitrogen and oxygen atoms in total. The van der Waals surface area contributed by atoms with Crippen molar-refractivity contribution in [1.82, 2.24) is 25.1 Å². The summed E-state index contributed by atoms with van der Waals surface area (Å²) in [7, 11) is 0. The smallest absolute Gasteiger partial charge is 0.344 e. The number of halogens is 3. The van der Waals surface area contributed by atoms with E-state index in [1.165, 1.54) is 22.9 Å². The predicted molar refractivity (Wildman–Crippen MR) is 128 cm³/mol. The normalized spacial score (nSPS) is 12.6. The van der Waals surface area contributed by atoms with E-state index in [2.05, 4.69) is 20.5 Å². The number of amides is 1. The number of hydrogen-bond acceptors (Lipinski definition) is 5. The second kappa shape index (κ2) is 8.88. The number of carbonyl (C=O) groups is 1. The van der Waals surface area contributed by atoms with Gasteiger partial charge in [0.1, 0.15) is 0 Å². The molecule has 5 aromatic rings. The van der Waals surface area contributed by atoms with Gasteiger partial charge in [-0.1, -0.05) is 6.07 Å². The summed E-state index contributed by atoms with van der Waals surface area (Å²) in [6, 6.07) is 15.7. The van der Waals surface area contributed by atoms with Gasteiger partial charge in [-0.3, -0.25) is 19.1 Å². The molecule has 180 valence electrons. The van der Waals surface area contributed by atoms with Crippen LogP contribution in [0.2, 0.25) is 0 Å². The Labute approximate surface area is 202 Å². The zero-order valence-electron chi connectivity index (χ0n) is 18.8. The highest BCUT2D eigenvalue weighted by atomic mass is 19.4. The molecule has 0 aliphatic rings. The quantitative estimate of drug-likeness (QED) is 0.365. The van der Waals surface area contributed by atoms with Crippen molar-refractivity contribution >= 4 is 27.7 Å². The van der Waals surface area contributed by atoms with Gasteiger partial charge in [0.05, 0.1) is 29.0 Å². The molecular formula is C26H18F3N5O2. The van der Waals surface area contributed by atoms with Crippen molar-refractivity contribution in [1.29, 1.82) is 0 Å². The minimum atomic E-state index is -4.50. The number of alkyl halides is 3. The molecule has 0 saturated heterocycles. The Hall–Kier alpha value is -4.60. The van der Waals surface area contributed by atoms with Crippen molar-refractivity contribution in [3.63, 3.8) is 0 Å². The van der Waals surface area contributed by atoms with Crippen LogP contribution in [-0.4, -0.2) is 25.7 Å². The maximum absolute atomic E-state index is 13.3. The summed E-state index contributed by atoms with van der Waals surface area (Å²) < 4.78 is 40.4. The number of rotatable bonds is 4. The number of pyridine rings is 2. The summed E-state index contributed by atoms with van der Waals surface area (Å²) in [4.78, 5) is 30.6. The van der Waals surface area contributed by atoms with Crippen molar-refractivity contribution in [2.24, 2.45) is 0 Å². The van der Waals surface area contributed by atoms with Gasteiger partial charge in [-0.05, 0) is 67.6 Å². The van der Waals surface area contributed by atoms with Crippen LogP contribution in [0.15, 0.2) is 83.9 Å². The second-order valence-electron chi connectivity index (χ2n) is 8.16. The van der Waals surface area contributed by atoms with Crippen LogP contribution >= 0.6 is 0 Å². The molecule has 5 rings (SSSR count). The predicted octanol–water partition coefficient (Wildman–Crippen LogP) is 4.84. The molecule has 1 atom stereocenters. The van der Waals surface area contributed by atoms with Crippen LogP contribution in [0.5, 0.6) is 0 Å². The Morgan fingerprint density at radius 2 is 1.75 bits per heavy atom. The Morgan fingerprint density at radius 3 is 2.44 bits per heavy atom. The lowest BCUT2D eigenvalue weighted by Gasteiger charge is -2.16. The van der Waals surface area contributed by atoms with E-state index in [0.29, 0.717) is 27.5 Å². The van der Waals surface area contributed by atoms with Gasteiger partial charge in [-0.25, -0.2) is 0 Å². The Kier molecular flexibility index (Phi) is 5.71. The molecule has 1 N–H and O–H groups in total. The minimum Gasteiger partial charge on any atom is -0.344 e. The zero-order valence-corrected chi connectivity index (χ0v) is 18.8. The van der Waals surface area contributed by atoms with E-state index in [4.69, 9.17) is 0 Å². The van der Waals surface area contributed by atoms with Crippen molar-refractivity contribution in [3.8, 4) is 5.69 Å². The summed E-state index contributed by atoms with van der Waals surface area (Å²) in [5.41, 5.74) is 0.339. The Balaban J connectivity index is 1.63. The molecule has 0 unspecified atom stereocenters. The maximum atomic E-state index is 13.3. The van der Waals surface area contributed by atoms with E-state index in [0.717, 1.165) is 12.1 Å². The molecule has 0 saturated carbocycles. The summed E-state index contributed by atoms with van der Waals surface area (Å²) in [5, 5.41) is 11.7. The van der Waals surface area contributed by atoms with Crippen molar-refractivity contribution in [2.75, 3.05) is 0 Å². The van der Waals surface area contributed by atoms with Crippen LogP contribution in [0, 0.1) is 0 Å². The van der Waals surface area contributed by atoms with Crippen molar-refractivity contribution in [2.45, 2.75) is 19.1 Å². The lowest BCUT2D eigenvalue weighted by molar-refractivity contribution is -0.137. The van der Waals surface area contributed by atoms with Gasteiger partial charge in [0.25, 0.3) is 11.5 Å². The SMILES string of the molecule is C[C@H](NC(=O)c1ccc2c(c1)c1ccnnc1c(=O)n2-c1ccc(C(F)(F)F)cc1)c1ccccn1. The molecule has 0 fully saturated rings. The lowest BCUT2D eigenvalue weighted by Crippen LogP contribution is -2.27. The van der Waals surface area contributed by atoms with E-state index in [9.17, 15) is 22.8 Å². The van der Waals surface area contributed by atoms with Gasteiger partial charge in [-0.2, -0.15) is 18.3 Å². The topological polar surface area (TPSA) is 89.8 Å². The number of fused-ring (bicyclic) bond motifs is 3. The molecule has 0 aliphatic heterocycles. The monoisotopic (exact) mass is 489 g/mol. The summed E-state index contributed by atoms with van der Waals surface area (Å²) in [5.74, 6) is -0.350. The highest BCUT2D eigenvalue weighted by Gasteiger charge is 2.30. The summed E-state index contributed by atoms with van der Waals surface area (Å²) >= 11 is 0. The third kappa shape index (κ3) is 4.17. The van der Waals surface area contributed by atoms with E-state index in [1.54, 1.807) is 42.6 Å². The fourth-order valence-electron chi connectivity index (χ4n) is 4.05. The molecule has 3 aromatic heterocycles. The number of aromatic nitrogens is 4. The van der Waals surface area contributed by atoms with Gasteiger partial charge in [0, 0.05) is 28.2 Å². The van der Waals surface area contributed by atoms with E-state index < -0.39 is 17.3 Å². The minimum absolute atomic E-state index is 0.0318. The standard InChI is InChI=1S/C26H18F3N5O2/c1-15(21-4-2-3-12-30-21)32-24(35)16-5-10-22-20(14-16)19-11-13-31-33-23(19)25(36)34(22)18-8-6-17(7-9-18)26(27,28)29/h2-15H,1H3,(H,32,35)/t15-/m0/s1. The average Bonchev–Trinajstić information content (AvgIpc) is 2.89. The van der Waals surface area contributed by atoms with Crippen molar-refractivity contribution < 1.29 is 18.0 Å². The number of hydrogen-bond donors (Lipinski definition) is 1. The molecule has 2 aromatic carbocycles. The average molecular weight is 489 g/mol. The number of carbonyl (C=O) groups excluding carboxylic acids is 1. The fraction of sp³-hybridized carbons (Fsp3) is 0.115. The number of nitrogens with one attached hydrogen (secondary N) is 1. The van der Waals surface area contributed by atoms with E-state index in [-0.39, 0.29) is 23.2 Å². The van der Waals surface area contributed by atoms with Crippen LogP contribution in [0.3, 0.4) is 0 Å². The van der Waals surface area contributed by atoms with E-state index in [1.807, 2.05) is 13.0 Å². The van der Waals surface area contributed by atoms with Gasteiger partial charge in [0.2, 0.25) is 0 Å².